The molecule has 18 heavy (non-hydrogen) atoms. The van der Waals surface area contributed by atoms with Crippen molar-refractivity contribution < 1.29 is 4.79 Å². The highest BCUT2D eigenvalue weighted by atomic mass is 16.2. The summed E-state index contributed by atoms with van der Waals surface area (Å²) in [5.41, 5.74) is 0.754. The first-order chi connectivity index (χ1) is 8.34. The minimum atomic E-state index is 0.0652. The second kappa shape index (κ2) is 3.72. The van der Waals surface area contributed by atoms with Gasteiger partial charge in [0.05, 0.1) is 6.04 Å². The van der Waals surface area contributed by atoms with Crippen molar-refractivity contribution in [3.05, 3.63) is 0 Å². The standard InChI is InChI=1S/C15H26N2O/c1-14(2)10-5-7-15(3,9-10)13(14)16-11-6-8-17(4)12(11)18/h10-11,13,16H,5-9H2,1-4H3. The number of amides is 1. The summed E-state index contributed by atoms with van der Waals surface area (Å²) in [4.78, 5) is 13.9. The van der Waals surface area contributed by atoms with E-state index >= 15 is 0 Å². The van der Waals surface area contributed by atoms with Crippen LogP contribution in [-0.2, 0) is 4.79 Å². The van der Waals surface area contributed by atoms with Crippen LogP contribution >= 0.6 is 0 Å². The van der Waals surface area contributed by atoms with E-state index in [0.717, 1.165) is 18.9 Å². The average Bonchev–Trinajstić information content (AvgIpc) is 2.87. The Morgan fingerprint density at radius 2 is 2.00 bits per heavy atom. The minimum absolute atomic E-state index is 0.0652. The van der Waals surface area contributed by atoms with Gasteiger partial charge in [-0.1, -0.05) is 20.8 Å². The summed E-state index contributed by atoms with van der Waals surface area (Å²) in [5, 5.41) is 3.73. The van der Waals surface area contributed by atoms with Gasteiger partial charge >= 0.3 is 0 Å². The van der Waals surface area contributed by atoms with Gasteiger partial charge < -0.3 is 10.2 Å². The summed E-state index contributed by atoms with van der Waals surface area (Å²) in [6, 6.07) is 0.569. The fourth-order valence-corrected chi connectivity index (χ4v) is 4.90. The molecule has 0 aromatic heterocycles. The van der Waals surface area contributed by atoms with Gasteiger partial charge in [-0.3, -0.25) is 4.79 Å². The van der Waals surface area contributed by atoms with Crippen LogP contribution in [0.15, 0.2) is 0 Å². The summed E-state index contributed by atoms with van der Waals surface area (Å²) >= 11 is 0. The number of hydrogen-bond acceptors (Lipinski definition) is 2. The first-order valence-electron chi connectivity index (χ1n) is 7.36. The second-order valence-corrected chi connectivity index (χ2v) is 7.62. The minimum Gasteiger partial charge on any atom is -0.344 e. The highest BCUT2D eigenvalue weighted by molar-refractivity contribution is 5.83. The molecule has 1 amide bonds. The molecule has 3 fully saturated rings. The van der Waals surface area contributed by atoms with Crippen molar-refractivity contribution in [2.45, 2.75) is 58.5 Å². The number of fused-ring (bicyclic) bond motifs is 2. The lowest BCUT2D eigenvalue weighted by atomic mass is 9.68. The Kier molecular flexibility index (Phi) is 2.58. The SMILES string of the molecule is CN1CCC(NC2C3(C)CCC(C3)C2(C)C)C1=O. The predicted molar refractivity (Wildman–Crippen MR) is 72.2 cm³/mol. The highest BCUT2D eigenvalue weighted by Crippen LogP contribution is 2.62. The quantitative estimate of drug-likeness (QED) is 0.813. The third-order valence-corrected chi connectivity index (χ3v) is 6.07. The molecule has 0 aromatic carbocycles. The van der Waals surface area contributed by atoms with Gasteiger partial charge in [0.25, 0.3) is 0 Å². The van der Waals surface area contributed by atoms with Gasteiger partial charge in [-0.05, 0) is 42.4 Å². The average molecular weight is 250 g/mol. The molecule has 0 spiro atoms. The number of nitrogens with one attached hydrogen (secondary N) is 1. The monoisotopic (exact) mass is 250 g/mol. The Balaban J connectivity index is 1.78. The first-order valence-corrected chi connectivity index (χ1v) is 7.36. The van der Waals surface area contributed by atoms with E-state index in [1.807, 2.05) is 11.9 Å². The topological polar surface area (TPSA) is 32.3 Å². The van der Waals surface area contributed by atoms with Crippen molar-refractivity contribution in [2.24, 2.45) is 16.7 Å². The normalized spacial score (nSPS) is 46.1. The van der Waals surface area contributed by atoms with Crippen LogP contribution in [0.1, 0.15) is 46.5 Å². The summed E-state index contributed by atoms with van der Waals surface area (Å²) < 4.78 is 0. The van der Waals surface area contributed by atoms with Crippen molar-refractivity contribution in [3.8, 4) is 0 Å². The zero-order chi connectivity index (χ0) is 13.1. The van der Waals surface area contributed by atoms with Crippen molar-refractivity contribution in [3.63, 3.8) is 0 Å². The zero-order valence-corrected chi connectivity index (χ0v) is 12.1. The summed E-state index contributed by atoms with van der Waals surface area (Å²) in [6.07, 6.45) is 5.02. The molecule has 3 nitrogen and oxygen atoms in total. The number of carbonyl (C=O) groups is 1. The Morgan fingerprint density at radius 3 is 2.50 bits per heavy atom. The van der Waals surface area contributed by atoms with Gasteiger partial charge in [-0.2, -0.15) is 0 Å². The molecule has 2 saturated carbocycles. The molecule has 0 radical (unpaired) electrons. The number of likely N-dealkylation sites (N-methyl/N-ethyl adjacent to an activating group) is 1. The van der Waals surface area contributed by atoms with Crippen molar-refractivity contribution in [1.29, 1.82) is 0 Å². The second-order valence-electron chi connectivity index (χ2n) is 7.62. The maximum Gasteiger partial charge on any atom is 0.239 e. The van der Waals surface area contributed by atoms with E-state index in [2.05, 4.69) is 26.1 Å². The predicted octanol–water partition coefficient (Wildman–Crippen LogP) is 2.02. The van der Waals surface area contributed by atoms with Crippen molar-refractivity contribution in [1.82, 2.24) is 10.2 Å². The number of rotatable bonds is 2. The van der Waals surface area contributed by atoms with Crippen LogP contribution in [0.3, 0.4) is 0 Å². The van der Waals surface area contributed by atoms with E-state index < -0.39 is 0 Å². The highest BCUT2D eigenvalue weighted by Gasteiger charge is 2.59. The Labute approximate surface area is 110 Å². The first kappa shape index (κ1) is 12.5. The van der Waals surface area contributed by atoms with Crippen LogP contribution in [0, 0.1) is 16.7 Å². The molecule has 4 unspecified atom stereocenters. The number of hydrogen-bond donors (Lipinski definition) is 1. The largest absolute Gasteiger partial charge is 0.344 e. The van der Waals surface area contributed by atoms with Crippen LogP contribution in [0.2, 0.25) is 0 Å². The Morgan fingerprint density at radius 1 is 1.28 bits per heavy atom. The molecule has 1 aliphatic heterocycles. The van der Waals surface area contributed by atoms with Gasteiger partial charge in [0.2, 0.25) is 5.91 Å². The molecule has 4 atom stereocenters. The smallest absolute Gasteiger partial charge is 0.239 e. The molecule has 1 heterocycles. The molecule has 3 heteroatoms. The number of likely N-dealkylation sites (tertiary alicyclic amines) is 1. The lowest BCUT2D eigenvalue weighted by Gasteiger charge is -2.44. The van der Waals surface area contributed by atoms with E-state index in [1.54, 1.807) is 0 Å². The van der Waals surface area contributed by atoms with E-state index in [9.17, 15) is 4.79 Å². The molecule has 2 aliphatic carbocycles. The number of carbonyl (C=O) groups excluding carboxylic acids is 1. The Bertz CT molecular complexity index is 374. The molecular formula is C15H26N2O. The van der Waals surface area contributed by atoms with E-state index in [0.29, 0.717) is 16.9 Å². The van der Waals surface area contributed by atoms with Gasteiger partial charge in [0, 0.05) is 19.6 Å². The van der Waals surface area contributed by atoms with E-state index in [4.69, 9.17) is 0 Å². The Hall–Kier alpha value is -0.570. The van der Waals surface area contributed by atoms with Gasteiger partial charge in [0.1, 0.15) is 0 Å². The van der Waals surface area contributed by atoms with Gasteiger partial charge in [-0.15, -0.1) is 0 Å². The van der Waals surface area contributed by atoms with Crippen molar-refractivity contribution >= 4 is 5.91 Å². The fraction of sp³-hybridized carbons (Fsp3) is 0.933. The third-order valence-electron chi connectivity index (χ3n) is 6.07. The molecular weight excluding hydrogens is 224 g/mol. The van der Waals surface area contributed by atoms with Gasteiger partial charge in [-0.25, -0.2) is 0 Å². The van der Waals surface area contributed by atoms with E-state index in [-0.39, 0.29) is 11.9 Å². The molecule has 1 N–H and O–H groups in total. The number of nitrogens with zero attached hydrogens (tertiary/aromatic N) is 1. The summed E-state index contributed by atoms with van der Waals surface area (Å²) in [6.45, 7) is 8.11. The molecule has 1 saturated heterocycles. The van der Waals surface area contributed by atoms with E-state index in [1.165, 1.54) is 19.3 Å². The zero-order valence-electron chi connectivity index (χ0n) is 12.1. The molecule has 2 bridgehead atoms. The van der Waals surface area contributed by atoms with Crippen LogP contribution in [0.5, 0.6) is 0 Å². The maximum absolute atomic E-state index is 12.1. The van der Waals surface area contributed by atoms with Gasteiger partial charge in [0.15, 0.2) is 0 Å². The molecule has 102 valence electrons. The molecule has 3 aliphatic rings. The molecule has 3 rings (SSSR count). The van der Waals surface area contributed by atoms with Crippen LogP contribution in [-0.4, -0.2) is 36.5 Å². The van der Waals surface area contributed by atoms with Crippen molar-refractivity contribution in [2.75, 3.05) is 13.6 Å². The summed E-state index contributed by atoms with van der Waals surface area (Å²) in [7, 11) is 1.91. The van der Waals surface area contributed by atoms with Crippen LogP contribution < -0.4 is 5.32 Å². The fourth-order valence-electron chi connectivity index (χ4n) is 4.90. The summed E-state index contributed by atoms with van der Waals surface area (Å²) in [5.74, 6) is 1.13. The lowest BCUT2D eigenvalue weighted by molar-refractivity contribution is -0.128. The lowest BCUT2D eigenvalue weighted by Crippen LogP contribution is -2.55. The van der Waals surface area contributed by atoms with Crippen LogP contribution in [0.25, 0.3) is 0 Å². The molecule has 0 aromatic rings. The van der Waals surface area contributed by atoms with Crippen LogP contribution in [0.4, 0.5) is 0 Å². The maximum atomic E-state index is 12.1. The third kappa shape index (κ3) is 1.56.